The third-order valence-corrected chi connectivity index (χ3v) is 5.98. The van der Waals surface area contributed by atoms with Crippen molar-refractivity contribution in [3.8, 4) is 0 Å². The number of halogens is 3. The summed E-state index contributed by atoms with van der Waals surface area (Å²) < 4.78 is 40.5. The molecule has 3 atom stereocenters. The second-order valence-corrected chi connectivity index (χ2v) is 7.87. The van der Waals surface area contributed by atoms with Gasteiger partial charge in [-0.25, -0.2) is 13.2 Å². The molecule has 27 heavy (non-hydrogen) atoms. The van der Waals surface area contributed by atoms with E-state index >= 15 is 0 Å². The number of rotatable bonds is 5. The second kappa shape index (κ2) is 7.90. The van der Waals surface area contributed by atoms with Crippen molar-refractivity contribution in [2.24, 2.45) is 11.8 Å². The molecular weight excluding hydrogens is 357 g/mol. The molecule has 1 N–H and O–H groups in total. The molecule has 0 saturated carbocycles. The van der Waals surface area contributed by atoms with E-state index in [9.17, 15) is 22.8 Å². The molecular formula is C20H25F3N2O2. The summed E-state index contributed by atoms with van der Waals surface area (Å²) in [6.07, 6.45) is 3.83. The van der Waals surface area contributed by atoms with Crippen LogP contribution in [-0.2, 0) is 16.0 Å². The lowest BCUT2D eigenvalue weighted by molar-refractivity contribution is -0.137. The monoisotopic (exact) mass is 382 g/mol. The van der Waals surface area contributed by atoms with Crippen molar-refractivity contribution < 1.29 is 22.8 Å². The topological polar surface area (TPSA) is 49.4 Å². The first kappa shape index (κ1) is 19.7. The molecule has 2 fully saturated rings. The molecule has 3 unspecified atom stereocenters. The first-order valence-electron chi connectivity index (χ1n) is 9.45. The van der Waals surface area contributed by atoms with Crippen molar-refractivity contribution in [2.75, 3.05) is 6.54 Å². The molecule has 2 aliphatic rings. The Labute approximate surface area is 157 Å². The van der Waals surface area contributed by atoms with Gasteiger partial charge in [0.15, 0.2) is 11.6 Å². The van der Waals surface area contributed by atoms with Crippen molar-refractivity contribution in [1.82, 2.24) is 10.2 Å². The fourth-order valence-electron chi connectivity index (χ4n) is 4.62. The highest BCUT2D eigenvalue weighted by Gasteiger charge is 2.44. The minimum atomic E-state index is -1.17. The Morgan fingerprint density at radius 2 is 1.70 bits per heavy atom. The van der Waals surface area contributed by atoms with E-state index < -0.39 is 17.5 Å². The predicted molar refractivity (Wildman–Crippen MR) is 94.2 cm³/mol. The zero-order valence-corrected chi connectivity index (χ0v) is 15.6. The average molecular weight is 382 g/mol. The Hall–Kier alpha value is -2.05. The van der Waals surface area contributed by atoms with Gasteiger partial charge in [0.25, 0.3) is 0 Å². The summed E-state index contributed by atoms with van der Waals surface area (Å²) in [5, 5.41) is 2.56. The van der Waals surface area contributed by atoms with Crippen LogP contribution in [0.2, 0.25) is 0 Å². The summed E-state index contributed by atoms with van der Waals surface area (Å²) >= 11 is 0. The molecule has 2 heterocycles. The van der Waals surface area contributed by atoms with Gasteiger partial charge in [0, 0.05) is 25.1 Å². The SMILES string of the molecule is CC(=O)NCC(=O)N1C2CCC1CC(C(C)Cc1cc(F)c(F)cc1F)C2. The number of piperidine rings is 1. The van der Waals surface area contributed by atoms with Crippen LogP contribution in [0.25, 0.3) is 0 Å². The number of carbonyl (C=O) groups is 2. The summed E-state index contributed by atoms with van der Waals surface area (Å²) in [7, 11) is 0. The number of benzene rings is 1. The van der Waals surface area contributed by atoms with E-state index in [0.717, 1.165) is 31.7 Å². The largest absolute Gasteiger partial charge is 0.347 e. The van der Waals surface area contributed by atoms with Gasteiger partial charge >= 0.3 is 0 Å². The number of amides is 2. The van der Waals surface area contributed by atoms with Gasteiger partial charge in [-0.15, -0.1) is 0 Å². The van der Waals surface area contributed by atoms with E-state index in [0.29, 0.717) is 18.4 Å². The van der Waals surface area contributed by atoms with Crippen LogP contribution in [-0.4, -0.2) is 35.3 Å². The summed E-state index contributed by atoms with van der Waals surface area (Å²) in [6, 6.07) is 1.81. The van der Waals surface area contributed by atoms with Crippen LogP contribution in [0.15, 0.2) is 12.1 Å². The van der Waals surface area contributed by atoms with Gasteiger partial charge in [0.1, 0.15) is 5.82 Å². The molecule has 7 heteroatoms. The number of fused-ring (bicyclic) bond motifs is 2. The molecule has 3 rings (SSSR count). The van der Waals surface area contributed by atoms with Crippen molar-refractivity contribution in [3.05, 3.63) is 35.1 Å². The molecule has 0 spiro atoms. The van der Waals surface area contributed by atoms with Crippen LogP contribution in [0.3, 0.4) is 0 Å². The summed E-state index contributed by atoms with van der Waals surface area (Å²) in [4.78, 5) is 25.4. The lowest BCUT2D eigenvalue weighted by Crippen LogP contribution is -2.50. The fraction of sp³-hybridized carbons (Fsp3) is 0.600. The molecule has 0 aromatic heterocycles. The molecule has 2 aliphatic heterocycles. The zero-order chi connectivity index (χ0) is 19.7. The maximum absolute atomic E-state index is 13.9. The van der Waals surface area contributed by atoms with Crippen LogP contribution in [0.4, 0.5) is 13.2 Å². The predicted octanol–water partition coefficient (Wildman–Crippen LogP) is 3.19. The third kappa shape index (κ3) is 4.28. The number of hydrogen-bond donors (Lipinski definition) is 1. The quantitative estimate of drug-likeness (QED) is 0.796. The van der Waals surface area contributed by atoms with Crippen molar-refractivity contribution in [3.63, 3.8) is 0 Å². The smallest absolute Gasteiger partial charge is 0.242 e. The van der Waals surface area contributed by atoms with Crippen LogP contribution in [0.1, 0.15) is 45.1 Å². The van der Waals surface area contributed by atoms with Crippen LogP contribution in [0.5, 0.6) is 0 Å². The molecule has 1 aromatic rings. The Morgan fingerprint density at radius 3 is 2.30 bits per heavy atom. The standard InChI is InChI=1S/C20H25F3N2O2/c1-11(5-14-8-18(22)19(23)9-17(14)21)13-6-15-3-4-16(7-13)25(15)20(27)10-24-12(2)26/h8-9,11,13,15-16H,3-7,10H2,1-2H3,(H,24,26). The van der Waals surface area contributed by atoms with E-state index in [2.05, 4.69) is 5.32 Å². The summed E-state index contributed by atoms with van der Waals surface area (Å²) in [5.74, 6) is -2.82. The van der Waals surface area contributed by atoms with Crippen LogP contribution < -0.4 is 5.32 Å². The highest BCUT2D eigenvalue weighted by atomic mass is 19.2. The van der Waals surface area contributed by atoms with Gasteiger partial charge in [-0.1, -0.05) is 6.92 Å². The van der Waals surface area contributed by atoms with E-state index in [1.165, 1.54) is 6.92 Å². The number of nitrogens with zero attached hydrogens (tertiary/aromatic N) is 1. The van der Waals surface area contributed by atoms with Crippen LogP contribution in [0, 0.1) is 29.3 Å². The Bertz CT molecular complexity index is 726. The number of carbonyl (C=O) groups excluding carboxylic acids is 2. The molecule has 0 aliphatic carbocycles. The van der Waals surface area contributed by atoms with Gasteiger partial charge in [0.2, 0.25) is 11.8 Å². The molecule has 2 bridgehead atoms. The normalized spacial score (nSPS) is 25.4. The van der Waals surface area contributed by atoms with Crippen molar-refractivity contribution >= 4 is 11.8 Å². The molecule has 1 aromatic carbocycles. The van der Waals surface area contributed by atoms with E-state index in [1.54, 1.807) is 0 Å². The summed E-state index contributed by atoms with van der Waals surface area (Å²) in [5.41, 5.74) is 0.193. The van der Waals surface area contributed by atoms with Gasteiger partial charge < -0.3 is 10.2 Å². The average Bonchev–Trinajstić information content (AvgIpc) is 2.87. The van der Waals surface area contributed by atoms with Crippen molar-refractivity contribution in [1.29, 1.82) is 0 Å². The summed E-state index contributed by atoms with van der Waals surface area (Å²) in [6.45, 7) is 3.40. The highest BCUT2D eigenvalue weighted by molar-refractivity contribution is 5.84. The minimum absolute atomic E-state index is 0.0165. The first-order valence-corrected chi connectivity index (χ1v) is 9.45. The van der Waals surface area contributed by atoms with Gasteiger partial charge in [0.05, 0.1) is 6.54 Å². The van der Waals surface area contributed by atoms with Crippen LogP contribution >= 0.6 is 0 Å². The molecule has 2 amide bonds. The zero-order valence-electron chi connectivity index (χ0n) is 15.6. The fourth-order valence-corrected chi connectivity index (χ4v) is 4.62. The van der Waals surface area contributed by atoms with E-state index in [1.807, 2.05) is 11.8 Å². The second-order valence-electron chi connectivity index (χ2n) is 7.87. The van der Waals surface area contributed by atoms with E-state index in [-0.39, 0.29) is 41.9 Å². The molecule has 2 saturated heterocycles. The Balaban J connectivity index is 1.63. The lowest BCUT2D eigenvalue weighted by atomic mass is 9.79. The minimum Gasteiger partial charge on any atom is -0.347 e. The van der Waals surface area contributed by atoms with Gasteiger partial charge in [-0.05, 0) is 55.6 Å². The van der Waals surface area contributed by atoms with E-state index in [4.69, 9.17) is 0 Å². The third-order valence-electron chi connectivity index (χ3n) is 5.98. The Morgan fingerprint density at radius 1 is 1.11 bits per heavy atom. The maximum atomic E-state index is 13.9. The maximum Gasteiger partial charge on any atom is 0.242 e. The molecule has 148 valence electrons. The van der Waals surface area contributed by atoms with Gasteiger partial charge in [-0.2, -0.15) is 0 Å². The van der Waals surface area contributed by atoms with Crippen molar-refractivity contribution in [2.45, 2.75) is 58.0 Å². The van der Waals surface area contributed by atoms with Gasteiger partial charge in [-0.3, -0.25) is 9.59 Å². The highest BCUT2D eigenvalue weighted by Crippen LogP contribution is 2.42. The molecule has 0 radical (unpaired) electrons. The Kier molecular flexibility index (Phi) is 5.77. The lowest BCUT2D eigenvalue weighted by Gasteiger charge is -2.41. The molecule has 4 nitrogen and oxygen atoms in total. The number of hydrogen-bond acceptors (Lipinski definition) is 2. The number of nitrogens with one attached hydrogen (secondary N) is 1. The first-order chi connectivity index (χ1) is 12.8.